The van der Waals surface area contributed by atoms with Gasteiger partial charge in [0.25, 0.3) is 0 Å². The third kappa shape index (κ3) is 2.88. The number of hydrogen-bond donors (Lipinski definition) is 1. The van der Waals surface area contributed by atoms with E-state index < -0.39 is 17.6 Å². The normalized spacial score (nSPS) is 10.1. The average molecular weight is 263 g/mol. The SMILES string of the molecule is COC(=O)c1ccccc1Nc1ccc(F)cc1F. The molecule has 2 rings (SSSR count). The first kappa shape index (κ1) is 13.0. The third-order valence-corrected chi connectivity index (χ3v) is 2.53. The van der Waals surface area contributed by atoms with E-state index in [9.17, 15) is 13.6 Å². The van der Waals surface area contributed by atoms with Crippen LogP contribution in [0.5, 0.6) is 0 Å². The molecule has 0 amide bonds. The Morgan fingerprint density at radius 3 is 2.53 bits per heavy atom. The standard InChI is InChI=1S/C14H11F2NO2/c1-19-14(18)10-4-2-3-5-12(10)17-13-7-6-9(15)8-11(13)16/h2-8,17H,1H3. The summed E-state index contributed by atoms with van der Waals surface area (Å²) in [6.45, 7) is 0. The summed E-state index contributed by atoms with van der Waals surface area (Å²) >= 11 is 0. The number of hydrogen-bond acceptors (Lipinski definition) is 3. The molecule has 19 heavy (non-hydrogen) atoms. The monoisotopic (exact) mass is 263 g/mol. The van der Waals surface area contributed by atoms with Crippen molar-refractivity contribution in [2.45, 2.75) is 0 Å². The Morgan fingerprint density at radius 1 is 1.11 bits per heavy atom. The molecule has 0 fully saturated rings. The van der Waals surface area contributed by atoms with Gasteiger partial charge in [-0.3, -0.25) is 0 Å². The van der Waals surface area contributed by atoms with Gasteiger partial charge in [-0.05, 0) is 24.3 Å². The van der Waals surface area contributed by atoms with Crippen molar-refractivity contribution in [2.75, 3.05) is 12.4 Å². The predicted molar refractivity (Wildman–Crippen MR) is 67.4 cm³/mol. The second kappa shape index (κ2) is 5.48. The van der Waals surface area contributed by atoms with Gasteiger partial charge in [-0.25, -0.2) is 13.6 Å². The average Bonchev–Trinajstić information content (AvgIpc) is 2.41. The molecule has 1 N–H and O–H groups in total. The minimum absolute atomic E-state index is 0.0813. The molecule has 0 unspecified atom stereocenters. The van der Waals surface area contributed by atoms with Crippen molar-refractivity contribution in [1.29, 1.82) is 0 Å². The van der Waals surface area contributed by atoms with Gasteiger partial charge in [0.05, 0.1) is 24.0 Å². The summed E-state index contributed by atoms with van der Waals surface area (Å²) in [5.41, 5.74) is 0.742. The van der Waals surface area contributed by atoms with Gasteiger partial charge in [0, 0.05) is 6.07 Å². The molecule has 0 atom stereocenters. The van der Waals surface area contributed by atoms with Crippen LogP contribution in [0, 0.1) is 11.6 Å². The zero-order valence-corrected chi connectivity index (χ0v) is 10.1. The van der Waals surface area contributed by atoms with Gasteiger partial charge in [-0.1, -0.05) is 12.1 Å². The quantitative estimate of drug-likeness (QED) is 0.861. The molecule has 0 aliphatic carbocycles. The van der Waals surface area contributed by atoms with Gasteiger partial charge in [-0.2, -0.15) is 0 Å². The highest BCUT2D eigenvalue weighted by Crippen LogP contribution is 2.24. The van der Waals surface area contributed by atoms with E-state index in [0.29, 0.717) is 5.69 Å². The Morgan fingerprint density at radius 2 is 1.84 bits per heavy atom. The fourth-order valence-electron chi connectivity index (χ4n) is 1.62. The maximum Gasteiger partial charge on any atom is 0.339 e. The second-order valence-electron chi connectivity index (χ2n) is 3.79. The molecule has 0 saturated heterocycles. The fraction of sp³-hybridized carbons (Fsp3) is 0.0714. The van der Waals surface area contributed by atoms with Crippen molar-refractivity contribution in [3.63, 3.8) is 0 Å². The van der Waals surface area contributed by atoms with Crippen LogP contribution in [0.15, 0.2) is 42.5 Å². The lowest BCUT2D eigenvalue weighted by atomic mass is 10.1. The zero-order valence-electron chi connectivity index (χ0n) is 10.1. The molecule has 2 aromatic carbocycles. The van der Waals surface area contributed by atoms with E-state index in [1.54, 1.807) is 24.3 Å². The summed E-state index contributed by atoms with van der Waals surface area (Å²) in [7, 11) is 1.26. The minimum Gasteiger partial charge on any atom is -0.465 e. The number of esters is 1. The summed E-state index contributed by atoms with van der Waals surface area (Å²) in [5.74, 6) is -1.94. The van der Waals surface area contributed by atoms with E-state index >= 15 is 0 Å². The molecule has 2 aromatic rings. The molecular formula is C14H11F2NO2. The van der Waals surface area contributed by atoms with Crippen LogP contribution >= 0.6 is 0 Å². The highest BCUT2D eigenvalue weighted by Gasteiger charge is 2.12. The summed E-state index contributed by atoms with van der Waals surface area (Å²) < 4.78 is 31.0. The molecule has 0 aromatic heterocycles. The lowest BCUT2D eigenvalue weighted by Gasteiger charge is -2.11. The fourth-order valence-corrected chi connectivity index (χ4v) is 1.62. The van der Waals surface area contributed by atoms with Crippen LogP contribution in [0.1, 0.15) is 10.4 Å². The molecule has 0 bridgehead atoms. The molecule has 3 nitrogen and oxygen atoms in total. The summed E-state index contributed by atoms with van der Waals surface area (Å²) in [6.07, 6.45) is 0. The van der Waals surface area contributed by atoms with E-state index in [0.717, 1.165) is 12.1 Å². The number of carbonyl (C=O) groups is 1. The third-order valence-electron chi connectivity index (χ3n) is 2.53. The molecule has 0 spiro atoms. The van der Waals surface area contributed by atoms with Crippen LogP contribution in [0.3, 0.4) is 0 Å². The second-order valence-corrected chi connectivity index (χ2v) is 3.79. The van der Waals surface area contributed by atoms with Crippen molar-refractivity contribution < 1.29 is 18.3 Å². The molecule has 98 valence electrons. The van der Waals surface area contributed by atoms with Crippen molar-refractivity contribution >= 4 is 17.3 Å². The molecule has 5 heteroatoms. The molecule has 0 saturated carbocycles. The topological polar surface area (TPSA) is 38.3 Å². The molecule has 0 aliphatic heterocycles. The van der Waals surface area contributed by atoms with Crippen LogP contribution in [-0.2, 0) is 4.74 Å². The highest BCUT2D eigenvalue weighted by atomic mass is 19.1. The highest BCUT2D eigenvalue weighted by molar-refractivity contribution is 5.96. The number of benzene rings is 2. The lowest BCUT2D eigenvalue weighted by Crippen LogP contribution is -2.06. The minimum atomic E-state index is -0.736. The first-order valence-electron chi connectivity index (χ1n) is 5.51. The first-order chi connectivity index (χ1) is 9.11. The number of carbonyl (C=O) groups excluding carboxylic acids is 1. The van der Waals surface area contributed by atoms with Crippen molar-refractivity contribution in [2.24, 2.45) is 0 Å². The number of anilines is 2. The van der Waals surface area contributed by atoms with E-state index in [4.69, 9.17) is 0 Å². The predicted octanol–water partition coefficient (Wildman–Crippen LogP) is 3.50. The Hall–Kier alpha value is -2.43. The van der Waals surface area contributed by atoms with Crippen LogP contribution in [-0.4, -0.2) is 13.1 Å². The van der Waals surface area contributed by atoms with Gasteiger partial charge < -0.3 is 10.1 Å². The van der Waals surface area contributed by atoms with Crippen molar-refractivity contribution in [1.82, 2.24) is 0 Å². The number of methoxy groups -OCH3 is 1. The summed E-state index contributed by atoms with van der Waals surface area (Å²) in [6, 6.07) is 9.67. The van der Waals surface area contributed by atoms with E-state index in [1.807, 2.05) is 0 Å². The smallest absolute Gasteiger partial charge is 0.339 e. The number of halogens is 2. The Bertz CT molecular complexity index is 614. The zero-order chi connectivity index (χ0) is 13.8. The molecular weight excluding hydrogens is 252 g/mol. The molecule has 0 heterocycles. The van der Waals surface area contributed by atoms with E-state index in [1.165, 1.54) is 13.2 Å². The Labute approximate surface area is 108 Å². The van der Waals surface area contributed by atoms with Gasteiger partial charge in [-0.15, -0.1) is 0 Å². The van der Waals surface area contributed by atoms with Gasteiger partial charge in [0.15, 0.2) is 0 Å². The van der Waals surface area contributed by atoms with Gasteiger partial charge in [0.1, 0.15) is 11.6 Å². The van der Waals surface area contributed by atoms with Gasteiger partial charge >= 0.3 is 5.97 Å². The van der Waals surface area contributed by atoms with Crippen LogP contribution in [0.25, 0.3) is 0 Å². The molecule has 0 aliphatic rings. The maximum atomic E-state index is 13.5. The van der Waals surface area contributed by atoms with E-state index in [-0.39, 0.29) is 11.3 Å². The van der Waals surface area contributed by atoms with Crippen molar-refractivity contribution in [3.8, 4) is 0 Å². The maximum absolute atomic E-state index is 13.5. The molecule has 0 radical (unpaired) electrons. The largest absolute Gasteiger partial charge is 0.465 e. The van der Waals surface area contributed by atoms with Crippen molar-refractivity contribution in [3.05, 3.63) is 59.7 Å². The lowest BCUT2D eigenvalue weighted by molar-refractivity contribution is 0.0602. The summed E-state index contributed by atoms with van der Waals surface area (Å²) in [4.78, 5) is 11.5. The van der Waals surface area contributed by atoms with Crippen LogP contribution in [0.4, 0.5) is 20.2 Å². The van der Waals surface area contributed by atoms with Gasteiger partial charge in [0.2, 0.25) is 0 Å². The van der Waals surface area contributed by atoms with Crippen LogP contribution < -0.4 is 5.32 Å². The number of para-hydroxylation sites is 1. The van der Waals surface area contributed by atoms with Crippen LogP contribution in [0.2, 0.25) is 0 Å². The number of ether oxygens (including phenoxy) is 1. The Balaban J connectivity index is 2.35. The van der Waals surface area contributed by atoms with E-state index in [2.05, 4.69) is 10.1 Å². The number of nitrogens with one attached hydrogen (secondary N) is 1. The Kier molecular flexibility index (Phi) is 3.75. The summed E-state index contributed by atoms with van der Waals surface area (Å²) in [5, 5.41) is 2.74. The number of rotatable bonds is 3. The first-order valence-corrected chi connectivity index (χ1v) is 5.51.